The number of hydrogen-bond donors (Lipinski definition) is 1. The van der Waals surface area contributed by atoms with Gasteiger partial charge in [-0.25, -0.2) is 4.79 Å². The highest BCUT2D eigenvalue weighted by atomic mass is 16.5. The van der Waals surface area contributed by atoms with Crippen LogP contribution in [0, 0.1) is 0 Å². The van der Waals surface area contributed by atoms with E-state index in [1.54, 1.807) is 12.1 Å². The fourth-order valence-electron chi connectivity index (χ4n) is 1.68. The number of phenols is 1. The summed E-state index contributed by atoms with van der Waals surface area (Å²) in [6.07, 6.45) is 6.39. The molecule has 0 heterocycles. The molecule has 0 saturated heterocycles. The lowest BCUT2D eigenvalue weighted by atomic mass is 10.1. The Morgan fingerprint density at radius 2 is 1.83 bits per heavy atom. The first-order chi connectivity index (χ1) is 8.72. The van der Waals surface area contributed by atoms with Crippen molar-refractivity contribution in [1.29, 1.82) is 0 Å². The molecular formula is C15H20O3. The minimum Gasteiger partial charge on any atom is -0.508 e. The minimum absolute atomic E-state index is 0.308. The zero-order chi connectivity index (χ0) is 13.2. The van der Waals surface area contributed by atoms with Gasteiger partial charge in [0.05, 0.1) is 6.61 Å². The molecule has 0 saturated carbocycles. The second kappa shape index (κ2) is 8.34. The third-order valence-electron chi connectivity index (χ3n) is 2.71. The third-order valence-corrected chi connectivity index (χ3v) is 2.71. The van der Waals surface area contributed by atoms with Crippen molar-refractivity contribution in [2.24, 2.45) is 0 Å². The van der Waals surface area contributed by atoms with Crippen molar-refractivity contribution in [2.45, 2.75) is 32.1 Å². The quantitative estimate of drug-likeness (QED) is 0.436. The van der Waals surface area contributed by atoms with Crippen LogP contribution in [0.15, 0.2) is 36.9 Å². The van der Waals surface area contributed by atoms with Crippen LogP contribution >= 0.6 is 0 Å². The van der Waals surface area contributed by atoms with Gasteiger partial charge >= 0.3 is 5.97 Å². The molecule has 1 N–H and O–H groups in total. The Bertz CT molecular complexity index is 368. The highest BCUT2D eigenvalue weighted by Crippen LogP contribution is 2.12. The van der Waals surface area contributed by atoms with E-state index in [4.69, 9.17) is 9.84 Å². The standard InChI is InChI=1S/C15H20O3/c1-2-15(17)18-12-6-4-3-5-7-13-8-10-14(16)11-9-13/h2,8-11,16H,1,3-7,12H2. The second-order valence-corrected chi connectivity index (χ2v) is 4.20. The number of esters is 1. The number of ether oxygens (including phenoxy) is 1. The Morgan fingerprint density at radius 3 is 2.50 bits per heavy atom. The molecule has 0 radical (unpaired) electrons. The van der Waals surface area contributed by atoms with Crippen LogP contribution in [0.2, 0.25) is 0 Å². The van der Waals surface area contributed by atoms with Crippen LogP contribution in [0.25, 0.3) is 0 Å². The molecule has 3 heteroatoms. The number of aryl methyl sites for hydroxylation is 1. The summed E-state index contributed by atoms with van der Waals surface area (Å²) >= 11 is 0. The average molecular weight is 248 g/mol. The Morgan fingerprint density at radius 1 is 1.17 bits per heavy atom. The van der Waals surface area contributed by atoms with E-state index in [0.29, 0.717) is 12.4 Å². The smallest absolute Gasteiger partial charge is 0.330 e. The predicted octanol–water partition coefficient (Wildman–Crippen LogP) is 3.22. The Balaban J connectivity index is 2.00. The maximum absolute atomic E-state index is 10.8. The molecule has 1 aromatic carbocycles. The van der Waals surface area contributed by atoms with Gasteiger partial charge in [0.2, 0.25) is 0 Å². The van der Waals surface area contributed by atoms with Crippen LogP contribution in [0.3, 0.4) is 0 Å². The fourth-order valence-corrected chi connectivity index (χ4v) is 1.68. The summed E-state index contributed by atoms with van der Waals surface area (Å²) in [6.45, 7) is 3.81. The molecule has 1 rings (SSSR count). The van der Waals surface area contributed by atoms with Gasteiger partial charge in [-0.3, -0.25) is 0 Å². The van der Waals surface area contributed by atoms with Gasteiger partial charge in [-0.15, -0.1) is 0 Å². The van der Waals surface area contributed by atoms with E-state index in [2.05, 4.69) is 6.58 Å². The van der Waals surface area contributed by atoms with Crippen molar-refractivity contribution in [3.05, 3.63) is 42.5 Å². The van der Waals surface area contributed by atoms with Crippen LogP contribution in [0.5, 0.6) is 5.75 Å². The first kappa shape index (κ1) is 14.3. The van der Waals surface area contributed by atoms with E-state index in [1.165, 1.54) is 11.6 Å². The fraction of sp³-hybridized carbons (Fsp3) is 0.400. The topological polar surface area (TPSA) is 46.5 Å². The monoisotopic (exact) mass is 248 g/mol. The van der Waals surface area contributed by atoms with Gasteiger partial charge in [0.25, 0.3) is 0 Å². The van der Waals surface area contributed by atoms with Crippen molar-refractivity contribution in [3.63, 3.8) is 0 Å². The van der Waals surface area contributed by atoms with E-state index >= 15 is 0 Å². The van der Waals surface area contributed by atoms with E-state index in [1.807, 2.05) is 12.1 Å². The number of phenolic OH excluding ortho intramolecular Hbond substituents is 1. The Hall–Kier alpha value is -1.77. The first-order valence-corrected chi connectivity index (χ1v) is 6.29. The number of unbranched alkanes of at least 4 members (excludes halogenated alkanes) is 3. The van der Waals surface area contributed by atoms with E-state index in [9.17, 15) is 4.79 Å². The number of aromatic hydroxyl groups is 1. The molecule has 0 unspecified atom stereocenters. The van der Waals surface area contributed by atoms with Crippen LogP contribution in [-0.2, 0) is 16.0 Å². The molecule has 0 spiro atoms. The summed E-state index contributed by atoms with van der Waals surface area (Å²) in [6, 6.07) is 7.32. The van der Waals surface area contributed by atoms with Crippen LogP contribution < -0.4 is 0 Å². The van der Waals surface area contributed by atoms with Crippen LogP contribution in [0.4, 0.5) is 0 Å². The summed E-state index contributed by atoms with van der Waals surface area (Å²) in [5.41, 5.74) is 1.24. The highest BCUT2D eigenvalue weighted by molar-refractivity contribution is 5.81. The molecule has 0 aliphatic rings. The molecule has 0 aliphatic heterocycles. The molecule has 1 aromatic rings. The third kappa shape index (κ3) is 6.09. The van der Waals surface area contributed by atoms with Crippen molar-refractivity contribution >= 4 is 5.97 Å². The Kier molecular flexibility index (Phi) is 6.62. The summed E-state index contributed by atoms with van der Waals surface area (Å²) in [4.78, 5) is 10.8. The summed E-state index contributed by atoms with van der Waals surface area (Å²) in [7, 11) is 0. The minimum atomic E-state index is -0.348. The highest BCUT2D eigenvalue weighted by Gasteiger charge is 1.97. The first-order valence-electron chi connectivity index (χ1n) is 6.29. The number of rotatable bonds is 8. The van der Waals surface area contributed by atoms with Crippen molar-refractivity contribution in [2.75, 3.05) is 6.61 Å². The van der Waals surface area contributed by atoms with Gasteiger partial charge in [-0.1, -0.05) is 31.6 Å². The number of benzene rings is 1. The molecule has 0 aliphatic carbocycles. The van der Waals surface area contributed by atoms with Crippen LogP contribution in [0.1, 0.15) is 31.2 Å². The van der Waals surface area contributed by atoms with E-state index in [0.717, 1.165) is 32.1 Å². The van der Waals surface area contributed by atoms with Crippen LogP contribution in [-0.4, -0.2) is 17.7 Å². The maximum atomic E-state index is 10.8. The normalized spacial score (nSPS) is 10.0. The summed E-state index contributed by atoms with van der Waals surface area (Å²) < 4.78 is 4.88. The lowest BCUT2D eigenvalue weighted by Gasteiger charge is -2.03. The van der Waals surface area contributed by atoms with Crippen molar-refractivity contribution in [3.8, 4) is 5.75 Å². The van der Waals surface area contributed by atoms with Gasteiger partial charge in [-0.05, 0) is 37.0 Å². The SMILES string of the molecule is C=CC(=O)OCCCCCCc1ccc(O)cc1. The van der Waals surface area contributed by atoms with E-state index < -0.39 is 0 Å². The van der Waals surface area contributed by atoms with Gasteiger partial charge in [0.15, 0.2) is 0 Å². The largest absolute Gasteiger partial charge is 0.508 e. The van der Waals surface area contributed by atoms with Crippen molar-refractivity contribution < 1.29 is 14.6 Å². The lowest BCUT2D eigenvalue weighted by molar-refractivity contribution is -0.137. The van der Waals surface area contributed by atoms with Gasteiger partial charge in [0, 0.05) is 6.08 Å². The molecule has 0 fully saturated rings. The zero-order valence-electron chi connectivity index (χ0n) is 10.6. The molecule has 0 aromatic heterocycles. The van der Waals surface area contributed by atoms with E-state index in [-0.39, 0.29) is 5.97 Å². The molecule has 18 heavy (non-hydrogen) atoms. The van der Waals surface area contributed by atoms with Gasteiger partial charge in [-0.2, -0.15) is 0 Å². The molecule has 98 valence electrons. The van der Waals surface area contributed by atoms with Crippen molar-refractivity contribution in [1.82, 2.24) is 0 Å². The maximum Gasteiger partial charge on any atom is 0.330 e. The molecular weight excluding hydrogens is 228 g/mol. The summed E-state index contributed by atoms with van der Waals surface area (Å²) in [5.74, 6) is -0.0399. The number of hydrogen-bond acceptors (Lipinski definition) is 3. The predicted molar refractivity (Wildman–Crippen MR) is 71.4 cm³/mol. The molecule has 0 bridgehead atoms. The van der Waals surface area contributed by atoms with Gasteiger partial charge < -0.3 is 9.84 Å². The summed E-state index contributed by atoms with van der Waals surface area (Å²) in [5, 5.41) is 9.14. The number of carbonyl (C=O) groups is 1. The average Bonchev–Trinajstić information content (AvgIpc) is 2.39. The number of carbonyl (C=O) groups excluding carboxylic acids is 1. The zero-order valence-corrected chi connectivity index (χ0v) is 10.6. The van der Waals surface area contributed by atoms with Gasteiger partial charge in [0.1, 0.15) is 5.75 Å². The molecule has 0 atom stereocenters. The molecule has 0 amide bonds. The second-order valence-electron chi connectivity index (χ2n) is 4.20. The molecule has 3 nitrogen and oxygen atoms in total. The lowest BCUT2D eigenvalue weighted by Crippen LogP contribution is -2.01. The Labute approximate surface area is 108 Å².